The number of nitrogens with zero attached hydrogens (tertiary/aromatic N) is 6. The minimum Gasteiger partial charge on any atom is -0.369 e. The molecule has 0 atom stereocenters. The van der Waals surface area contributed by atoms with Crippen molar-refractivity contribution in [3.8, 4) is 0 Å². The van der Waals surface area contributed by atoms with Gasteiger partial charge in [0.25, 0.3) is 0 Å². The molecule has 0 spiro atoms. The Kier molecular flexibility index (Phi) is 2.51. The lowest BCUT2D eigenvalue weighted by atomic mass is 10.4. The molecule has 0 aliphatic carbocycles. The molecule has 0 fully saturated rings. The highest BCUT2D eigenvalue weighted by atomic mass is 16.5. The molecule has 0 aliphatic rings. The van der Waals surface area contributed by atoms with Gasteiger partial charge in [0.2, 0.25) is 11.8 Å². The number of imidazole rings is 1. The van der Waals surface area contributed by atoms with E-state index in [0.717, 1.165) is 16.9 Å². The second-order valence-corrected chi connectivity index (χ2v) is 4.49. The summed E-state index contributed by atoms with van der Waals surface area (Å²) in [4.78, 5) is 8.51. The lowest BCUT2D eigenvalue weighted by Crippen LogP contribution is -2.09. The first kappa shape index (κ1) is 11.7. The minimum atomic E-state index is 0.474. The number of aromatic nitrogens is 6. The summed E-state index contributed by atoms with van der Waals surface area (Å²) in [6.07, 6.45) is 0.612. The lowest BCUT2D eigenvalue weighted by molar-refractivity contribution is 0.369. The second-order valence-electron chi connectivity index (χ2n) is 4.49. The molecule has 0 aliphatic heterocycles. The SMILES string of the molecule is Cc1noc(CCn2c(N)nc3c(C)nn(C)c32)n1. The third-order valence-electron chi connectivity index (χ3n) is 3.04. The Hall–Kier alpha value is -2.38. The van der Waals surface area contributed by atoms with Crippen molar-refractivity contribution in [2.45, 2.75) is 26.8 Å². The standard InChI is InChI=1S/C11H15N7O/c1-6-9-10(17(3)15-6)18(11(12)14-9)5-4-8-13-7(2)16-19-8/h4-5H2,1-3H3,(H2,12,14). The zero-order valence-electron chi connectivity index (χ0n) is 11.1. The fourth-order valence-electron chi connectivity index (χ4n) is 2.22. The first-order valence-corrected chi connectivity index (χ1v) is 6.00. The van der Waals surface area contributed by atoms with E-state index in [1.165, 1.54) is 0 Å². The number of anilines is 1. The normalized spacial score (nSPS) is 11.5. The molecule has 0 bridgehead atoms. The molecule has 3 aromatic rings. The van der Waals surface area contributed by atoms with Gasteiger partial charge in [-0.1, -0.05) is 5.16 Å². The molecular formula is C11H15N7O. The van der Waals surface area contributed by atoms with Gasteiger partial charge < -0.3 is 10.3 Å². The first-order valence-electron chi connectivity index (χ1n) is 6.00. The van der Waals surface area contributed by atoms with Gasteiger partial charge in [0, 0.05) is 20.0 Å². The molecule has 2 N–H and O–H groups in total. The van der Waals surface area contributed by atoms with E-state index in [2.05, 4.69) is 20.2 Å². The molecule has 0 saturated carbocycles. The zero-order valence-corrected chi connectivity index (χ0v) is 11.1. The van der Waals surface area contributed by atoms with Crippen LogP contribution in [0.4, 0.5) is 5.95 Å². The van der Waals surface area contributed by atoms with E-state index in [9.17, 15) is 0 Å². The maximum absolute atomic E-state index is 5.95. The number of rotatable bonds is 3. The van der Waals surface area contributed by atoms with Gasteiger partial charge in [-0.05, 0) is 13.8 Å². The van der Waals surface area contributed by atoms with Crippen LogP contribution in [0.15, 0.2) is 4.52 Å². The zero-order chi connectivity index (χ0) is 13.6. The van der Waals surface area contributed by atoms with Crippen molar-refractivity contribution in [3.05, 3.63) is 17.4 Å². The molecule has 0 radical (unpaired) electrons. The molecule has 8 nitrogen and oxygen atoms in total. The average Bonchev–Trinajstić information content (AvgIpc) is 2.97. The van der Waals surface area contributed by atoms with E-state index < -0.39 is 0 Å². The van der Waals surface area contributed by atoms with Crippen molar-refractivity contribution in [1.29, 1.82) is 0 Å². The fourth-order valence-corrected chi connectivity index (χ4v) is 2.22. The first-order chi connectivity index (χ1) is 9.06. The van der Waals surface area contributed by atoms with Crippen molar-refractivity contribution in [1.82, 2.24) is 29.5 Å². The highest BCUT2D eigenvalue weighted by Crippen LogP contribution is 2.20. The maximum Gasteiger partial charge on any atom is 0.228 e. The molecule has 0 saturated heterocycles. The second kappa shape index (κ2) is 4.08. The number of nitrogens with two attached hydrogens (primary N) is 1. The van der Waals surface area contributed by atoms with Crippen molar-refractivity contribution < 1.29 is 4.52 Å². The molecule has 3 heterocycles. The fraction of sp³-hybridized carbons (Fsp3) is 0.455. The Bertz CT molecular complexity index is 736. The van der Waals surface area contributed by atoms with Crippen molar-refractivity contribution in [2.24, 2.45) is 7.05 Å². The molecule has 3 aromatic heterocycles. The number of fused-ring (bicyclic) bond motifs is 1. The van der Waals surface area contributed by atoms with Crippen LogP contribution in [0.25, 0.3) is 11.2 Å². The monoisotopic (exact) mass is 261 g/mol. The lowest BCUT2D eigenvalue weighted by Gasteiger charge is -2.04. The predicted octanol–water partition coefficient (Wildman–Crippen LogP) is 0.595. The summed E-state index contributed by atoms with van der Waals surface area (Å²) in [5.74, 6) is 1.70. The Labute approximate surface area is 109 Å². The van der Waals surface area contributed by atoms with Gasteiger partial charge in [-0.3, -0.25) is 9.25 Å². The number of hydrogen-bond acceptors (Lipinski definition) is 6. The van der Waals surface area contributed by atoms with E-state index in [4.69, 9.17) is 10.3 Å². The third-order valence-corrected chi connectivity index (χ3v) is 3.04. The molecular weight excluding hydrogens is 246 g/mol. The van der Waals surface area contributed by atoms with Gasteiger partial charge in [-0.15, -0.1) is 0 Å². The number of nitrogen functional groups attached to an aromatic ring is 1. The Morgan fingerprint density at radius 3 is 2.74 bits per heavy atom. The summed E-state index contributed by atoms with van der Waals surface area (Å²) in [7, 11) is 1.88. The highest BCUT2D eigenvalue weighted by Gasteiger charge is 2.16. The van der Waals surface area contributed by atoms with Crippen LogP contribution in [0.2, 0.25) is 0 Å². The third kappa shape index (κ3) is 1.85. The summed E-state index contributed by atoms with van der Waals surface area (Å²) in [6.45, 7) is 4.34. The van der Waals surface area contributed by atoms with Crippen LogP contribution in [0.1, 0.15) is 17.4 Å². The largest absolute Gasteiger partial charge is 0.369 e. The van der Waals surface area contributed by atoms with Crippen LogP contribution < -0.4 is 5.73 Å². The van der Waals surface area contributed by atoms with Crippen LogP contribution in [0, 0.1) is 13.8 Å². The summed E-state index contributed by atoms with van der Waals surface area (Å²) in [6, 6.07) is 0. The Morgan fingerprint density at radius 2 is 2.05 bits per heavy atom. The van der Waals surface area contributed by atoms with E-state index in [0.29, 0.717) is 30.6 Å². The molecule has 0 unspecified atom stereocenters. The van der Waals surface area contributed by atoms with Crippen LogP contribution >= 0.6 is 0 Å². The van der Waals surface area contributed by atoms with Gasteiger partial charge in [-0.25, -0.2) is 4.98 Å². The topological polar surface area (TPSA) is 101 Å². The average molecular weight is 261 g/mol. The molecule has 0 aromatic carbocycles. The Balaban J connectivity index is 1.94. The maximum atomic E-state index is 5.95. The van der Waals surface area contributed by atoms with Crippen LogP contribution in [0.3, 0.4) is 0 Å². The van der Waals surface area contributed by atoms with E-state index in [1.807, 2.05) is 18.5 Å². The van der Waals surface area contributed by atoms with Crippen molar-refractivity contribution in [2.75, 3.05) is 5.73 Å². The highest BCUT2D eigenvalue weighted by molar-refractivity contribution is 5.77. The molecule has 3 rings (SSSR count). The Morgan fingerprint density at radius 1 is 1.26 bits per heavy atom. The number of hydrogen-bond donors (Lipinski definition) is 1. The van der Waals surface area contributed by atoms with Gasteiger partial charge in [0.05, 0.1) is 5.69 Å². The molecule has 8 heteroatoms. The van der Waals surface area contributed by atoms with Crippen LogP contribution in [-0.4, -0.2) is 29.5 Å². The van der Waals surface area contributed by atoms with Gasteiger partial charge in [0.1, 0.15) is 5.52 Å². The summed E-state index contributed by atoms with van der Waals surface area (Å²) >= 11 is 0. The quantitative estimate of drug-likeness (QED) is 0.740. The summed E-state index contributed by atoms with van der Waals surface area (Å²) < 4.78 is 8.79. The van der Waals surface area contributed by atoms with Gasteiger partial charge >= 0.3 is 0 Å². The minimum absolute atomic E-state index is 0.474. The van der Waals surface area contributed by atoms with Gasteiger partial charge in [0.15, 0.2) is 11.5 Å². The van der Waals surface area contributed by atoms with E-state index >= 15 is 0 Å². The molecule has 100 valence electrons. The molecule has 0 amide bonds. The van der Waals surface area contributed by atoms with Crippen LogP contribution in [-0.2, 0) is 20.0 Å². The van der Waals surface area contributed by atoms with Crippen LogP contribution in [0.5, 0.6) is 0 Å². The molecule has 19 heavy (non-hydrogen) atoms. The predicted molar refractivity (Wildman–Crippen MR) is 68.4 cm³/mol. The van der Waals surface area contributed by atoms with Gasteiger partial charge in [-0.2, -0.15) is 10.1 Å². The number of aryl methyl sites for hydroxylation is 5. The van der Waals surface area contributed by atoms with E-state index in [1.54, 1.807) is 11.6 Å². The summed E-state index contributed by atoms with van der Waals surface area (Å²) in [5, 5.41) is 8.10. The van der Waals surface area contributed by atoms with E-state index in [-0.39, 0.29) is 0 Å². The smallest absolute Gasteiger partial charge is 0.228 e. The van der Waals surface area contributed by atoms with Crippen molar-refractivity contribution in [3.63, 3.8) is 0 Å². The van der Waals surface area contributed by atoms with Crippen molar-refractivity contribution >= 4 is 17.1 Å². The summed E-state index contributed by atoms with van der Waals surface area (Å²) in [5.41, 5.74) is 8.56.